The molecule has 0 saturated carbocycles. The molecule has 3 heteroatoms. The summed E-state index contributed by atoms with van der Waals surface area (Å²) in [6, 6.07) is 5.48. The van der Waals surface area contributed by atoms with Gasteiger partial charge in [0.25, 0.3) is 0 Å². The number of hydrogen-bond acceptors (Lipinski definition) is 2. The van der Waals surface area contributed by atoms with Crippen LogP contribution >= 0.6 is 11.6 Å². The molecule has 0 bridgehead atoms. The van der Waals surface area contributed by atoms with Crippen LogP contribution in [0.5, 0.6) is 0 Å². The maximum absolute atomic E-state index is 6.00. The summed E-state index contributed by atoms with van der Waals surface area (Å²) in [5, 5.41) is 0.661. The fraction of sp³-hybridized carbons (Fsp3) is 0.455. The molecular formula is C11H16ClNO. The van der Waals surface area contributed by atoms with Gasteiger partial charge in [-0.15, -0.1) is 0 Å². The number of nitrogen functional groups attached to an aromatic ring is 1. The molecule has 2 N–H and O–H groups in total. The smallest absolute Gasteiger partial charge is 0.0758 e. The molecule has 0 radical (unpaired) electrons. The minimum absolute atomic E-state index is 0.175. The molecule has 1 rings (SSSR count). The zero-order chi connectivity index (χ0) is 10.8. The van der Waals surface area contributed by atoms with E-state index < -0.39 is 0 Å². The first kappa shape index (κ1) is 11.3. The highest BCUT2D eigenvalue weighted by molar-refractivity contribution is 6.31. The highest BCUT2D eigenvalue weighted by Gasteiger charge is 2.12. The lowest BCUT2D eigenvalue weighted by molar-refractivity contribution is -0.0146. The lowest BCUT2D eigenvalue weighted by Crippen LogP contribution is -2.19. The summed E-state index contributed by atoms with van der Waals surface area (Å²) < 4.78 is 5.61. The van der Waals surface area contributed by atoms with Gasteiger partial charge in [-0.2, -0.15) is 0 Å². The van der Waals surface area contributed by atoms with Crippen molar-refractivity contribution in [3.63, 3.8) is 0 Å². The molecule has 0 aliphatic heterocycles. The standard InChI is InChI=1S/C11H16ClNO/c1-11(2,3)14-7-8-9(12)5-4-6-10(8)13/h4-6H,7,13H2,1-3H3. The van der Waals surface area contributed by atoms with Crippen molar-refractivity contribution in [1.82, 2.24) is 0 Å². The Balaban J connectivity index is 2.77. The number of halogens is 1. The Morgan fingerprint density at radius 3 is 2.50 bits per heavy atom. The number of ether oxygens (including phenoxy) is 1. The molecule has 0 spiro atoms. The third-order valence-corrected chi connectivity index (χ3v) is 2.16. The molecule has 0 aliphatic rings. The number of nitrogens with two attached hydrogens (primary N) is 1. The fourth-order valence-corrected chi connectivity index (χ4v) is 1.25. The maximum atomic E-state index is 6.00. The van der Waals surface area contributed by atoms with Gasteiger partial charge < -0.3 is 10.5 Å². The summed E-state index contributed by atoms with van der Waals surface area (Å²) >= 11 is 6.00. The first-order chi connectivity index (χ1) is 6.40. The second kappa shape index (κ2) is 4.20. The van der Waals surface area contributed by atoms with Crippen molar-refractivity contribution in [3.05, 3.63) is 28.8 Å². The molecule has 1 aromatic carbocycles. The Morgan fingerprint density at radius 1 is 1.36 bits per heavy atom. The van der Waals surface area contributed by atoms with E-state index in [1.165, 1.54) is 0 Å². The monoisotopic (exact) mass is 213 g/mol. The van der Waals surface area contributed by atoms with Gasteiger partial charge in [0.2, 0.25) is 0 Å². The van der Waals surface area contributed by atoms with E-state index in [-0.39, 0.29) is 5.60 Å². The van der Waals surface area contributed by atoms with E-state index in [0.717, 1.165) is 5.56 Å². The Kier molecular flexibility index (Phi) is 3.40. The van der Waals surface area contributed by atoms with Crippen LogP contribution in [0.4, 0.5) is 5.69 Å². The van der Waals surface area contributed by atoms with Gasteiger partial charge in [-0.25, -0.2) is 0 Å². The van der Waals surface area contributed by atoms with Crippen LogP contribution in [0.15, 0.2) is 18.2 Å². The first-order valence-corrected chi connectivity index (χ1v) is 4.95. The van der Waals surface area contributed by atoms with Crippen LogP contribution in [-0.2, 0) is 11.3 Å². The van der Waals surface area contributed by atoms with E-state index in [1.54, 1.807) is 0 Å². The average Bonchev–Trinajstić information content (AvgIpc) is 2.01. The van der Waals surface area contributed by atoms with E-state index in [0.29, 0.717) is 17.3 Å². The Labute approximate surface area is 90.0 Å². The summed E-state index contributed by atoms with van der Waals surface area (Å²) in [6.07, 6.45) is 0. The number of rotatable bonds is 2. The fourth-order valence-electron chi connectivity index (χ4n) is 1.02. The summed E-state index contributed by atoms with van der Waals surface area (Å²) in [4.78, 5) is 0. The van der Waals surface area contributed by atoms with E-state index in [9.17, 15) is 0 Å². The van der Waals surface area contributed by atoms with Gasteiger partial charge in [0, 0.05) is 16.3 Å². The summed E-state index contributed by atoms with van der Waals surface area (Å²) in [6.45, 7) is 6.45. The van der Waals surface area contributed by atoms with Gasteiger partial charge in [-0.3, -0.25) is 0 Å². The first-order valence-electron chi connectivity index (χ1n) is 4.57. The quantitative estimate of drug-likeness (QED) is 0.766. The molecule has 1 aromatic rings. The summed E-state index contributed by atoms with van der Waals surface area (Å²) in [5.41, 5.74) is 7.16. The SMILES string of the molecule is CC(C)(C)OCc1c(N)cccc1Cl. The molecule has 0 fully saturated rings. The van der Waals surface area contributed by atoms with Crippen molar-refractivity contribution in [2.24, 2.45) is 0 Å². The second-order valence-corrected chi connectivity index (χ2v) is 4.62. The lowest BCUT2D eigenvalue weighted by Gasteiger charge is -2.20. The van der Waals surface area contributed by atoms with Crippen LogP contribution in [0.25, 0.3) is 0 Å². The zero-order valence-electron chi connectivity index (χ0n) is 8.80. The van der Waals surface area contributed by atoms with Crippen molar-refractivity contribution >= 4 is 17.3 Å². The normalized spacial score (nSPS) is 11.7. The molecule has 0 aromatic heterocycles. The Morgan fingerprint density at radius 2 is 2.00 bits per heavy atom. The highest BCUT2D eigenvalue weighted by atomic mass is 35.5. The van der Waals surface area contributed by atoms with Crippen molar-refractivity contribution in [1.29, 1.82) is 0 Å². The molecule has 0 unspecified atom stereocenters. The molecule has 14 heavy (non-hydrogen) atoms. The predicted molar refractivity (Wildman–Crippen MR) is 60.4 cm³/mol. The Bertz CT molecular complexity index is 297. The minimum atomic E-state index is -0.175. The number of hydrogen-bond donors (Lipinski definition) is 1. The van der Waals surface area contributed by atoms with E-state index in [4.69, 9.17) is 22.1 Å². The van der Waals surface area contributed by atoms with Crippen LogP contribution in [0, 0.1) is 0 Å². The van der Waals surface area contributed by atoms with Gasteiger partial charge in [0.1, 0.15) is 0 Å². The second-order valence-electron chi connectivity index (χ2n) is 4.21. The average molecular weight is 214 g/mol. The zero-order valence-corrected chi connectivity index (χ0v) is 9.56. The highest BCUT2D eigenvalue weighted by Crippen LogP contribution is 2.24. The van der Waals surface area contributed by atoms with Crippen molar-refractivity contribution < 1.29 is 4.74 Å². The molecule has 0 aliphatic carbocycles. The molecular weight excluding hydrogens is 198 g/mol. The van der Waals surface area contributed by atoms with E-state index >= 15 is 0 Å². The molecule has 78 valence electrons. The molecule has 0 atom stereocenters. The molecule has 2 nitrogen and oxygen atoms in total. The molecule has 0 saturated heterocycles. The lowest BCUT2D eigenvalue weighted by atomic mass is 10.1. The summed E-state index contributed by atoms with van der Waals surface area (Å²) in [5.74, 6) is 0. The van der Waals surface area contributed by atoms with Crippen molar-refractivity contribution in [3.8, 4) is 0 Å². The van der Waals surface area contributed by atoms with Crippen LogP contribution in [-0.4, -0.2) is 5.60 Å². The van der Waals surface area contributed by atoms with Gasteiger partial charge in [0.05, 0.1) is 12.2 Å². The van der Waals surface area contributed by atoms with Crippen molar-refractivity contribution in [2.75, 3.05) is 5.73 Å². The van der Waals surface area contributed by atoms with E-state index in [2.05, 4.69) is 0 Å². The Hall–Kier alpha value is -0.730. The van der Waals surface area contributed by atoms with Gasteiger partial charge >= 0.3 is 0 Å². The number of anilines is 1. The van der Waals surface area contributed by atoms with E-state index in [1.807, 2.05) is 39.0 Å². The van der Waals surface area contributed by atoms with Crippen LogP contribution in [0.2, 0.25) is 5.02 Å². The van der Waals surface area contributed by atoms with Crippen LogP contribution < -0.4 is 5.73 Å². The van der Waals surface area contributed by atoms with Gasteiger partial charge in [-0.1, -0.05) is 17.7 Å². The third kappa shape index (κ3) is 3.20. The van der Waals surface area contributed by atoms with Gasteiger partial charge in [-0.05, 0) is 32.9 Å². The topological polar surface area (TPSA) is 35.2 Å². The minimum Gasteiger partial charge on any atom is -0.398 e. The molecule has 0 heterocycles. The predicted octanol–water partition coefficient (Wildman–Crippen LogP) is 3.24. The van der Waals surface area contributed by atoms with Crippen molar-refractivity contribution in [2.45, 2.75) is 33.0 Å². The third-order valence-electron chi connectivity index (χ3n) is 1.80. The maximum Gasteiger partial charge on any atom is 0.0758 e. The van der Waals surface area contributed by atoms with Crippen LogP contribution in [0.3, 0.4) is 0 Å². The molecule has 0 amide bonds. The summed E-state index contributed by atoms with van der Waals surface area (Å²) in [7, 11) is 0. The van der Waals surface area contributed by atoms with Gasteiger partial charge in [0.15, 0.2) is 0 Å². The largest absolute Gasteiger partial charge is 0.398 e. The number of benzene rings is 1. The van der Waals surface area contributed by atoms with Crippen LogP contribution in [0.1, 0.15) is 26.3 Å².